The van der Waals surface area contributed by atoms with Crippen LogP contribution in [0.5, 0.6) is 0 Å². The summed E-state index contributed by atoms with van der Waals surface area (Å²) in [5.74, 6) is -0.441. The van der Waals surface area contributed by atoms with Crippen molar-refractivity contribution in [2.45, 2.75) is 25.5 Å². The van der Waals surface area contributed by atoms with Crippen LogP contribution in [0.2, 0.25) is 0 Å². The normalized spacial score (nSPS) is 24.2. The predicted octanol–water partition coefficient (Wildman–Crippen LogP) is 1.72. The SMILES string of the molecule is Fc1ccn(C2CCCCO2)n1. The molecule has 1 saturated heterocycles. The third-order valence-corrected chi connectivity index (χ3v) is 2.03. The van der Waals surface area contributed by atoms with Crippen LogP contribution in [0.3, 0.4) is 0 Å². The third-order valence-electron chi connectivity index (χ3n) is 2.03. The molecule has 1 aromatic heterocycles. The first-order valence-corrected chi connectivity index (χ1v) is 4.18. The zero-order chi connectivity index (χ0) is 8.39. The van der Waals surface area contributed by atoms with Crippen LogP contribution in [-0.2, 0) is 4.74 Å². The highest BCUT2D eigenvalue weighted by Crippen LogP contribution is 2.21. The van der Waals surface area contributed by atoms with Crippen LogP contribution in [0.15, 0.2) is 12.3 Å². The van der Waals surface area contributed by atoms with E-state index in [1.54, 1.807) is 10.9 Å². The Morgan fingerprint density at radius 2 is 2.50 bits per heavy atom. The lowest BCUT2D eigenvalue weighted by molar-refractivity contribution is -0.0402. The molecule has 0 saturated carbocycles. The Bertz CT molecular complexity index is 255. The summed E-state index contributed by atoms with van der Waals surface area (Å²) in [6, 6.07) is 1.35. The molecular weight excluding hydrogens is 159 g/mol. The molecule has 1 fully saturated rings. The van der Waals surface area contributed by atoms with Gasteiger partial charge in [-0.25, -0.2) is 4.68 Å². The molecule has 2 rings (SSSR count). The number of rotatable bonds is 1. The summed E-state index contributed by atoms with van der Waals surface area (Å²) in [6.07, 6.45) is 4.72. The Hall–Kier alpha value is -0.900. The van der Waals surface area contributed by atoms with Crippen molar-refractivity contribution in [3.63, 3.8) is 0 Å². The van der Waals surface area contributed by atoms with Crippen molar-refractivity contribution in [2.75, 3.05) is 6.61 Å². The maximum absolute atomic E-state index is 12.5. The van der Waals surface area contributed by atoms with Crippen LogP contribution >= 0.6 is 0 Å². The molecule has 12 heavy (non-hydrogen) atoms. The van der Waals surface area contributed by atoms with Crippen LogP contribution in [-0.4, -0.2) is 16.4 Å². The fourth-order valence-corrected chi connectivity index (χ4v) is 1.41. The lowest BCUT2D eigenvalue weighted by Gasteiger charge is -2.22. The van der Waals surface area contributed by atoms with E-state index < -0.39 is 5.95 Å². The average Bonchev–Trinajstić information content (AvgIpc) is 2.54. The molecule has 1 aliphatic rings. The average molecular weight is 170 g/mol. The van der Waals surface area contributed by atoms with Crippen molar-refractivity contribution < 1.29 is 9.13 Å². The molecule has 4 heteroatoms. The molecule has 0 spiro atoms. The fourth-order valence-electron chi connectivity index (χ4n) is 1.41. The van der Waals surface area contributed by atoms with Crippen LogP contribution in [0.1, 0.15) is 25.5 Å². The molecular formula is C8H11FN2O. The first kappa shape index (κ1) is 7.73. The molecule has 1 atom stereocenters. The Morgan fingerprint density at radius 1 is 1.58 bits per heavy atom. The fraction of sp³-hybridized carbons (Fsp3) is 0.625. The van der Waals surface area contributed by atoms with Crippen molar-refractivity contribution in [1.29, 1.82) is 0 Å². The van der Waals surface area contributed by atoms with Gasteiger partial charge < -0.3 is 4.74 Å². The number of halogens is 1. The van der Waals surface area contributed by atoms with Crippen molar-refractivity contribution >= 4 is 0 Å². The molecule has 3 nitrogen and oxygen atoms in total. The number of hydrogen-bond acceptors (Lipinski definition) is 2. The van der Waals surface area contributed by atoms with Gasteiger partial charge in [-0.15, -0.1) is 5.10 Å². The van der Waals surface area contributed by atoms with Crippen LogP contribution in [0, 0.1) is 5.95 Å². The third kappa shape index (κ3) is 1.48. The van der Waals surface area contributed by atoms with Crippen molar-refractivity contribution in [1.82, 2.24) is 9.78 Å². The van der Waals surface area contributed by atoms with E-state index in [0.717, 1.165) is 25.9 Å². The summed E-state index contributed by atoms with van der Waals surface area (Å²) in [5.41, 5.74) is 0. The molecule has 1 unspecified atom stereocenters. The summed E-state index contributed by atoms with van der Waals surface area (Å²) in [5, 5.41) is 3.66. The van der Waals surface area contributed by atoms with Gasteiger partial charge in [0.25, 0.3) is 0 Å². The second kappa shape index (κ2) is 3.23. The molecule has 1 aliphatic heterocycles. The minimum Gasteiger partial charge on any atom is -0.357 e. The van der Waals surface area contributed by atoms with E-state index in [1.807, 2.05) is 0 Å². The van der Waals surface area contributed by atoms with Crippen LogP contribution in [0.4, 0.5) is 4.39 Å². The molecule has 0 N–H and O–H groups in total. The topological polar surface area (TPSA) is 27.1 Å². The molecule has 1 aromatic rings. The molecule has 0 amide bonds. The van der Waals surface area contributed by atoms with E-state index in [0.29, 0.717) is 0 Å². The highest BCUT2D eigenvalue weighted by molar-refractivity contribution is 4.83. The van der Waals surface area contributed by atoms with E-state index in [2.05, 4.69) is 5.10 Å². The van der Waals surface area contributed by atoms with Gasteiger partial charge >= 0.3 is 0 Å². The van der Waals surface area contributed by atoms with Gasteiger partial charge in [0.15, 0.2) is 0 Å². The summed E-state index contributed by atoms with van der Waals surface area (Å²) >= 11 is 0. The Kier molecular flexibility index (Phi) is 2.08. The van der Waals surface area contributed by atoms with Gasteiger partial charge in [0.1, 0.15) is 6.23 Å². The number of nitrogens with zero attached hydrogens (tertiary/aromatic N) is 2. The molecule has 0 bridgehead atoms. The standard InChI is InChI=1S/C8H11FN2O/c9-7-4-5-11(10-7)8-3-1-2-6-12-8/h4-5,8H,1-3,6H2. The first-order chi connectivity index (χ1) is 5.86. The Labute approximate surface area is 70.1 Å². The minimum absolute atomic E-state index is 0.0525. The smallest absolute Gasteiger partial charge is 0.232 e. The summed E-state index contributed by atoms with van der Waals surface area (Å²) < 4.78 is 19.5. The first-order valence-electron chi connectivity index (χ1n) is 4.18. The summed E-state index contributed by atoms with van der Waals surface area (Å²) in [4.78, 5) is 0. The summed E-state index contributed by atoms with van der Waals surface area (Å²) in [6.45, 7) is 0.756. The molecule has 0 aromatic carbocycles. The van der Waals surface area contributed by atoms with Gasteiger partial charge in [0, 0.05) is 18.9 Å². The van der Waals surface area contributed by atoms with E-state index in [-0.39, 0.29) is 6.23 Å². The largest absolute Gasteiger partial charge is 0.357 e. The van der Waals surface area contributed by atoms with E-state index in [1.165, 1.54) is 6.07 Å². The maximum atomic E-state index is 12.5. The van der Waals surface area contributed by atoms with Crippen molar-refractivity contribution in [2.24, 2.45) is 0 Å². The van der Waals surface area contributed by atoms with Gasteiger partial charge in [-0.3, -0.25) is 0 Å². The van der Waals surface area contributed by atoms with Crippen LogP contribution in [0.25, 0.3) is 0 Å². The van der Waals surface area contributed by atoms with Gasteiger partial charge in [-0.1, -0.05) is 0 Å². The van der Waals surface area contributed by atoms with Crippen LogP contribution < -0.4 is 0 Å². The van der Waals surface area contributed by atoms with Gasteiger partial charge in [-0.05, 0) is 19.3 Å². The molecule has 2 heterocycles. The quantitative estimate of drug-likeness (QED) is 0.641. The molecule has 0 radical (unpaired) electrons. The van der Waals surface area contributed by atoms with E-state index in [9.17, 15) is 4.39 Å². The minimum atomic E-state index is -0.441. The van der Waals surface area contributed by atoms with Gasteiger partial charge in [0.05, 0.1) is 0 Å². The van der Waals surface area contributed by atoms with E-state index >= 15 is 0 Å². The lowest BCUT2D eigenvalue weighted by atomic mass is 10.2. The number of ether oxygens (including phenoxy) is 1. The zero-order valence-electron chi connectivity index (χ0n) is 6.74. The molecule has 66 valence electrons. The zero-order valence-corrected chi connectivity index (χ0v) is 6.74. The van der Waals surface area contributed by atoms with Gasteiger partial charge in [0.2, 0.25) is 5.95 Å². The van der Waals surface area contributed by atoms with Crippen molar-refractivity contribution in [3.05, 3.63) is 18.2 Å². The van der Waals surface area contributed by atoms with Gasteiger partial charge in [-0.2, -0.15) is 4.39 Å². The predicted molar refractivity (Wildman–Crippen MR) is 41.0 cm³/mol. The second-order valence-corrected chi connectivity index (χ2v) is 2.94. The Morgan fingerprint density at radius 3 is 3.08 bits per heavy atom. The monoisotopic (exact) mass is 170 g/mol. The molecule has 0 aliphatic carbocycles. The lowest BCUT2D eigenvalue weighted by Crippen LogP contribution is -2.18. The van der Waals surface area contributed by atoms with E-state index in [4.69, 9.17) is 4.74 Å². The van der Waals surface area contributed by atoms with Crippen molar-refractivity contribution in [3.8, 4) is 0 Å². The highest BCUT2D eigenvalue weighted by Gasteiger charge is 2.15. The maximum Gasteiger partial charge on any atom is 0.232 e. The number of aromatic nitrogens is 2. The highest BCUT2D eigenvalue weighted by atomic mass is 19.1. The second-order valence-electron chi connectivity index (χ2n) is 2.94. The summed E-state index contributed by atoms with van der Waals surface area (Å²) in [7, 11) is 0. The number of hydrogen-bond donors (Lipinski definition) is 0. The Balaban J connectivity index is 2.08.